The van der Waals surface area contributed by atoms with E-state index in [1.54, 1.807) is 0 Å². The number of benzene rings is 1. The van der Waals surface area contributed by atoms with E-state index >= 15 is 0 Å². The third-order valence-electron chi connectivity index (χ3n) is 2.14. The molecule has 0 atom stereocenters. The van der Waals surface area contributed by atoms with E-state index in [4.69, 9.17) is 10.5 Å². The van der Waals surface area contributed by atoms with Crippen molar-refractivity contribution in [3.05, 3.63) is 29.3 Å². The van der Waals surface area contributed by atoms with Gasteiger partial charge in [-0.15, -0.1) is 0 Å². The standard InChI is InChI=1S/C11H10F3NO3S/c1-17-9(16)5-18-8-3-2-6(10(15)19)4-7(8)11(12,13)14/h2-4H,5H2,1H3,(H2,15,19). The lowest BCUT2D eigenvalue weighted by atomic mass is 10.1. The van der Waals surface area contributed by atoms with Crippen molar-refractivity contribution in [3.63, 3.8) is 0 Å². The first-order valence-corrected chi connectivity index (χ1v) is 5.37. The number of carbonyl (C=O) groups excluding carboxylic acids is 1. The number of carbonyl (C=O) groups is 1. The topological polar surface area (TPSA) is 61.5 Å². The molecule has 19 heavy (non-hydrogen) atoms. The monoisotopic (exact) mass is 293 g/mol. The van der Waals surface area contributed by atoms with Crippen LogP contribution in [0.4, 0.5) is 13.2 Å². The molecule has 0 saturated carbocycles. The van der Waals surface area contributed by atoms with Gasteiger partial charge < -0.3 is 15.2 Å². The second-order valence-electron chi connectivity index (χ2n) is 3.44. The highest BCUT2D eigenvalue weighted by atomic mass is 32.1. The number of alkyl halides is 3. The van der Waals surface area contributed by atoms with E-state index in [1.165, 1.54) is 6.07 Å². The number of ether oxygens (including phenoxy) is 2. The van der Waals surface area contributed by atoms with Crippen LogP contribution in [0.5, 0.6) is 5.75 Å². The predicted molar refractivity (Wildman–Crippen MR) is 64.8 cm³/mol. The molecule has 0 aliphatic rings. The number of hydrogen-bond donors (Lipinski definition) is 1. The highest BCUT2D eigenvalue weighted by molar-refractivity contribution is 7.80. The summed E-state index contributed by atoms with van der Waals surface area (Å²) in [5.41, 5.74) is 4.28. The summed E-state index contributed by atoms with van der Waals surface area (Å²) in [6.07, 6.45) is -4.65. The van der Waals surface area contributed by atoms with E-state index in [9.17, 15) is 18.0 Å². The van der Waals surface area contributed by atoms with E-state index in [0.717, 1.165) is 19.2 Å². The molecule has 0 heterocycles. The fraction of sp³-hybridized carbons (Fsp3) is 0.273. The molecular formula is C11H10F3NO3S. The van der Waals surface area contributed by atoms with Gasteiger partial charge in [0.15, 0.2) is 6.61 Å². The average Bonchev–Trinajstić information content (AvgIpc) is 2.34. The molecule has 1 aromatic rings. The summed E-state index contributed by atoms with van der Waals surface area (Å²) >= 11 is 4.61. The Balaban J connectivity index is 3.10. The minimum atomic E-state index is -4.65. The summed E-state index contributed by atoms with van der Waals surface area (Å²) in [6, 6.07) is 3.11. The first kappa shape index (κ1) is 15.2. The highest BCUT2D eigenvalue weighted by Crippen LogP contribution is 2.36. The molecule has 1 rings (SSSR count). The number of methoxy groups -OCH3 is 1. The third kappa shape index (κ3) is 4.09. The normalized spacial score (nSPS) is 10.9. The molecule has 0 spiro atoms. The molecule has 0 amide bonds. The zero-order valence-electron chi connectivity index (χ0n) is 9.78. The molecule has 0 fully saturated rings. The molecule has 0 bridgehead atoms. The Labute approximate surface area is 112 Å². The van der Waals surface area contributed by atoms with Gasteiger partial charge in [-0.05, 0) is 18.2 Å². The van der Waals surface area contributed by atoms with Crippen LogP contribution in [0, 0.1) is 0 Å². The quantitative estimate of drug-likeness (QED) is 0.678. The van der Waals surface area contributed by atoms with Crippen LogP contribution >= 0.6 is 12.2 Å². The molecule has 0 aromatic heterocycles. The second-order valence-corrected chi connectivity index (χ2v) is 3.88. The number of halogens is 3. The summed E-state index contributed by atoms with van der Waals surface area (Å²) in [4.78, 5) is 10.7. The number of esters is 1. The summed E-state index contributed by atoms with van der Waals surface area (Å²) in [5, 5.41) is 0. The van der Waals surface area contributed by atoms with Crippen LogP contribution in [-0.2, 0) is 15.7 Å². The second kappa shape index (κ2) is 5.87. The lowest BCUT2D eigenvalue weighted by molar-refractivity contribution is -0.145. The lowest BCUT2D eigenvalue weighted by Crippen LogP contribution is -2.17. The van der Waals surface area contributed by atoms with Crippen LogP contribution in [0.15, 0.2) is 18.2 Å². The Bertz CT molecular complexity index is 502. The van der Waals surface area contributed by atoms with Crippen LogP contribution < -0.4 is 10.5 Å². The van der Waals surface area contributed by atoms with Crippen molar-refractivity contribution in [1.29, 1.82) is 0 Å². The molecule has 0 saturated heterocycles. The van der Waals surface area contributed by atoms with Gasteiger partial charge in [-0.2, -0.15) is 13.2 Å². The molecule has 1 aromatic carbocycles. The Morgan fingerprint density at radius 2 is 2.05 bits per heavy atom. The van der Waals surface area contributed by atoms with Gasteiger partial charge in [-0.3, -0.25) is 0 Å². The van der Waals surface area contributed by atoms with E-state index in [2.05, 4.69) is 17.0 Å². The molecular weight excluding hydrogens is 283 g/mol. The minimum Gasteiger partial charge on any atom is -0.481 e. The Kier molecular flexibility index (Phi) is 4.71. The minimum absolute atomic E-state index is 0.0627. The highest BCUT2D eigenvalue weighted by Gasteiger charge is 2.35. The maximum Gasteiger partial charge on any atom is 0.419 e. The van der Waals surface area contributed by atoms with Crippen molar-refractivity contribution < 1.29 is 27.4 Å². The smallest absolute Gasteiger partial charge is 0.419 e. The van der Waals surface area contributed by atoms with Crippen molar-refractivity contribution >= 4 is 23.2 Å². The number of rotatable bonds is 4. The summed E-state index contributed by atoms with van der Waals surface area (Å²) < 4.78 is 47.5. The Morgan fingerprint density at radius 3 is 2.53 bits per heavy atom. The van der Waals surface area contributed by atoms with Crippen molar-refractivity contribution in [1.82, 2.24) is 0 Å². The van der Waals surface area contributed by atoms with Gasteiger partial charge in [0, 0.05) is 5.56 Å². The zero-order chi connectivity index (χ0) is 14.6. The van der Waals surface area contributed by atoms with Crippen molar-refractivity contribution in [3.8, 4) is 5.75 Å². The Morgan fingerprint density at radius 1 is 1.42 bits per heavy atom. The fourth-order valence-corrected chi connectivity index (χ4v) is 1.35. The SMILES string of the molecule is COC(=O)COc1ccc(C(N)=S)cc1C(F)(F)F. The molecule has 0 unspecified atom stereocenters. The lowest BCUT2D eigenvalue weighted by Gasteiger charge is -2.14. The molecule has 0 radical (unpaired) electrons. The predicted octanol–water partition coefficient (Wildman–Crippen LogP) is 1.89. The van der Waals surface area contributed by atoms with E-state index < -0.39 is 30.1 Å². The van der Waals surface area contributed by atoms with Crippen LogP contribution in [0.2, 0.25) is 0 Å². The Hall–Kier alpha value is -1.83. The molecule has 0 aliphatic heterocycles. The number of hydrogen-bond acceptors (Lipinski definition) is 4. The van der Waals surface area contributed by atoms with Gasteiger partial charge in [-0.25, -0.2) is 4.79 Å². The van der Waals surface area contributed by atoms with E-state index in [-0.39, 0.29) is 10.6 Å². The first-order valence-electron chi connectivity index (χ1n) is 4.96. The van der Waals surface area contributed by atoms with E-state index in [1.807, 2.05) is 0 Å². The number of nitrogens with two attached hydrogens (primary N) is 1. The van der Waals surface area contributed by atoms with Crippen LogP contribution in [0.25, 0.3) is 0 Å². The van der Waals surface area contributed by atoms with Gasteiger partial charge in [-0.1, -0.05) is 12.2 Å². The molecule has 0 aliphatic carbocycles. The summed E-state index contributed by atoms with van der Waals surface area (Å²) in [5.74, 6) is -1.27. The van der Waals surface area contributed by atoms with Gasteiger partial charge in [0.05, 0.1) is 12.7 Å². The average molecular weight is 293 g/mol. The van der Waals surface area contributed by atoms with Crippen LogP contribution in [0.3, 0.4) is 0 Å². The zero-order valence-corrected chi connectivity index (χ0v) is 10.6. The number of thiocarbonyl (C=S) groups is 1. The summed E-state index contributed by atoms with van der Waals surface area (Å²) in [6.45, 7) is -0.619. The van der Waals surface area contributed by atoms with Crippen molar-refractivity contribution in [2.45, 2.75) is 6.18 Å². The maximum absolute atomic E-state index is 12.8. The van der Waals surface area contributed by atoms with Crippen LogP contribution in [-0.4, -0.2) is 24.7 Å². The third-order valence-corrected chi connectivity index (χ3v) is 2.38. The van der Waals surface area contributed by atoms with Crippen LogP contribution in [0.1, 0.15) is 11.1 Å². The molecule has 8 heteroatoms. The van der Waals surface area contributed by atoms with Gasteiger partial charge in [0.2, 0.25) is 0 Å². The van der Waals surface area contributed by atoms with Crippen molar-refractivity contribution in [2.75, 3.05) is 13.7 Å². The molecule has 4 nitrogen and oxygen atoms in total. The van der Waals surface area contributed by atoms with Gasteiger partial charge >= 0.3 is 12.1 Å². The van der Waals surface area contributed by atoms with E-state index in [0.29, 0.717) is 0 Å². The fourth-order valence-electron chi connectivity index (χ4n) is 1.23. The van der Waals surface area contributed by atoms with Gasteiger partial charge in [0.25, 0.3) is 0 Å². The summed E-state index contributed by atoms with van der Waals surface area (Å²) in [7, 11) is 1.10. The van der Waals surface area contributed by atoms with Gasteiger partial charge in [0.1, 0.15) is 10.7 Å². The molecule has 2 N–H and O–H groups in total. The maximum atomic E-state index is 12.8. The molecule has 104 valence electrons. The first-order chi connectivity index (χ1) is 8.75. The van der Waals surface area contributed by atoms with Crippen molar-refractivity contribution in [2.24, 2.45) is 5.73 Å². The largest absolute Gasteiger partial charge is 0.481 e.